The molecule has 2 unspecified atom stereocenters. The summed E-state index contributed by atoms with van der Waals surface area (Å²) in [5.74, 6) is 0.676. The first-order valence-corrected chi connectivity index (χ1v) is 9.00. The van der Waals surface area contributed by atoms with Gasteiger partial charge >= 0.3 is 0 Å². The predicted molar refractivity (Wildman–Crippen MR) is 82.0 cm³/mol. The summed E-state index contributed by atoms with van der Waals surface area (Å²) in [5, 5.41) is 11.7. The van der Waals surface area contributed by atoms with E-state index in [-0.39, 0.29) is 11.4 Å². The number of nitrogens with zero attached hydrogens (tertiary/aromatic N) is 1. The monoisotopic (exact) mass is 311 g/mol. The van der Waals surface area contributed by atoms with Crippen LogP contribution in [-0.4, -0.2) is 36.9 Å². The lowest BCUT2D eigenvalue weighted by Crippen LogP contribution is -2.33. The van der Waals surface area contributed by atoms with Gasteiger partial charge in [0.25, 0.3) is 0 Å². The molecule has 0 aromatic heterocycles. The first-order chi connectivity index (χ1) is 9.90. The number of benzene rings is 1. The number of ether oxygens (including phenoxy) is 1. The van der Waals surface area contributed by atoms with Gasteiger partial charge in [0.1, 0.15) is 15.6 Å². The standard InChI is InChI=1S/C15H21NO4S/c1-11(16-17)12-5-3-6-13(9-12)20-14-7-4-8-15(10-14)21(2,18)19/h3,5-6,9,14-15,17H,4,7-8,10H2,1-2H3/b16-11-. The highest BCUT2D eigenvalue weighted by Gasteiger charge is 2.29. The molecule has 0 saturated heterocycles. The van der Waals surface area contributed by atoms with Crippen LogP contribution in [0.2, 0.25) is 0 Å². The lowest BCUT2D eigenvalue weighted by atomic mass is 9.97. The van der Waals surface area contributed by atoms with E-state index >= 15 is 0 Å². The van der Waals surface area contributed by atoms with Gasteiger partial charge in [-0.15, -0.1) is 0 Å². The van der Waals surface area contributed by atoms with Crippen LogP contribution in [0.5, 0.6) is 5.75 Å². The highest BCUT2D eigenvalue weighted by molar-refractivity contribution is 7.91. The summed E-state index contributed by atoms with van der Waals surface area (Å²) >= 11 is 0. The van der Waals surface area contributed by atoms with Gasteiger partial charge in [-0.25, -0.2) is 8.42 Å². The Morgan fingerprint density at radius 1 is 1.38 bits per heavy atom. The van der Waals surface area contributed by atoms with Crippen LogP contribution in [0.3, 0.4) is 0 Å². The van der Waals surface area contributed by atoms with Crippen molar-refractivity contribution in [2.75, 3.05) is 6.26 Å². The average molecular weight is 311 g/mol. The van der Waals surface area contributed by atoms with Gasteiger partial charge in [-0.05, 0) is 38.3 Å². The number of hydrogen-bond acceptors (Lipinski definition) is 5. The summed E-state index contributed by atoms with van der Waals surface area (Å²) in [6, 6.07) is 7.30. The van der Waals surface area contributed by atoms with E-state index < -0.39 is 9.84 Å². The number of oxime groups is 1. The Balaban J connectivity index is 2.08. The Labute approximate surface area is 125 Å². The van der Waals surface area contributed by atoms with Gasteiger partial charge in [0.2, 0.25) is 0 Å². The van der Waals surface area contributed by atoms with E-state index in [2.05, 4.69) is 5.16 Å². The zero-order valence-electron chi connectivity index (χ0n) is 12.3. The zero-order chi connectivity index (χ0) is 15.5. The van der Waals surface area contributed by atoms with Gasteiger partial charge in [0.05, 0.1) is 17.1 Å². The lowest BCUT2D eigenvalue weighted by Gasteiger charge is -2.28. The summed E-state index contributed by atoms with van der Waals surface area (Å²) in [6.45, 7) is 1.71. The number of sulfone groups is 1. The third-order valence-corrected chi connectivity index (χ3v) is 5.53. The fourth-order valence-electron chi connectivity index (χ4n) is 2.64. The van der Waals surface area contributed by atoms with Crippen LogP contribution >= 0.6 is 0 Å². The van der Waals surface area contributed by atoms with E-state index in [1.165, 1.54) is 6.26 Å². The van der Waals surface area contributed by atoms with Crippen molar-refractivity contribution in [3.05, 3.63) is 29.8 Å². The molecule has 0 aliphatic heterocycles. The minimum absolute atomic E-state index is 0.0832. The summed E-state index contributed by atoms with van der Waals surface area (Å²) in [5.41, 5.74) is 1.29. The van der Waals surface area contributed by atoms with Crippen molar-refractivity contribution < 1.29 is 18.4 Å². The largest absolute Gasteiger partial charge is 0.490 e. The molecule has 0 heterocycles. The molecule has 1 aliphatic carbocycles. The topological polar surface area (TPSA) is 76.0 Å². The SMILES string of the molecule is C/C(=N/O)c1cccc(OC2CCCC(S(C)(=O)=O)C2)c1. The minimum atomic E-state index is -3.01. The Bertz CT molecular complexity index is 624. The fraction of sp³-hybridized carbons (Fsp3) is 0.533. The summed E-state index contributed by atoms with van der Waals surface area (Å²) in [7, 11) is -3.01. The molecule has 0 spiro atoms. The van der Waals surface area contributed by atoms with Crippen molar-refractivity contribution in [1.82, 2.24) is 0 Å². The van der Waals surface area contributed by atoms with E-state index in [4.69, 9.17) is 9.94 Å². The van der Waals surface area contributed by atoms with E-state index in [0.29, 0.717) is 17.9 Å². The molecule has 116 valence electrons. The van der Waals surface area contributed by atoms with E-state index in [1.54, 1.807) is 13.0 Å². The van der Waals surface area contributed by atoms with Crippen LogP contribution in [0, 0.1) is 0 Å². The number of hydrogen-bond donors (Lipinski definition) is 1. The van der Waals surface area contributed by atoms with Crippen molar-refractivity contribution in [3.63, 3.8) is 0 Å². The molecule has 1 saturated carbocycles. The maximum atomic E-state index is 11.7. The van der Waals surface area contributed by atoms with E-state index in [0.717, 1.165) is 24.8 Å². The van der Waals surface area contributed by atoms with Crippen molar-refractivity contribution in [2.24, 2.45) is 5.16 Å². The van der Waals surface area contributed by atoms with Gasteiger partial charge in [-0.3, -0.25) is 0 Å². The van der Waals surface area contributed by atoms with E-state index in [9.17, 15) is 8.42 Å². The second-order valence-electron chi connectivity index (χ2n) is 5.57. The highest BCUT2D eigenvalue weighted by atomic mass is 32.2. The van der Waals surface area contributed by atoms with Crippen molar-refractivity contribution in [3.8, 4) is 5.75 Å². The predicted octanol–water partition coefficient (Wildman–Crippen LogP) is 2.62. The molecule has 0 bridgehead atoms. The summed E-state index contributed by atoms with van der Waals surface area (Å²) in [4.78, 5) is 0. The second kappa shape index (κ2) is 6.47. The van der Waals surface area contributed by atoms with Crippen LogP contribution in [0.4, 0.5) is 0 Å². The Morgan fingerprint density at radius 3 is 2.81 bits per heavy atom. The fourth-order valence-corrected chi connectivity index (χ4v) is 3.80. The van der Waals surface area contributed by atoms with Crippen molar-refractivity contribution >= 4 is 15.5 Å². The molecule has 2 rings (SSSR count). The Morgan fingerprint density at radius 2 is 2.14 bits per heavy atom. The maximum Gasteiger partial charge on any atom is 0.150 e. The lowest BCUT2D eigenvalue weighted by molar-refractivity contribution is 0.156. The molecule has 1 N–H and O–H groups in total. The first-order valence-electron chi connectivity index (χ1n) is 7.05. The quantitative estimate of drug-likeness (QED) is 0.527. The summed E-state index contributed by atoms with van der Waals surface area (Å²) in [6.07, 6.45) is 4.19. The van der Waals surface area contributed by atoms with Crippen LogP contribution in [0.1, 0.15) is 38.2 Å². The van der Waals surface area contributed by atoms with Gasteiger partial charge < -0.3 is 9.94 Å². The van der Waals surface area contributed by atoms with Crippen LogP contribution < -0.4 is 4.74 Å². The highest BCUT2D eigenvalue weighted by Crippen LogP contribution is 2.27. The molecule has 1 aliphatic rings. The van der Waals surface area contributed by atoms with Crippen LogP contribution in [0.25, 0.3) is 0 Å². The van der Waals surface area contributed by atoms with Gasteiger partial charge in [-0.2, -0.15) is 0 Å². The van der Waals surface area contributed by atoms with Crippen molar-refractivity contribution in [1.29, 1.82) is 0 Å². The number of rotatable bonds is 4. The molecule has 1 aromatic rings. The normalized spacial score (nSPS) is 23.8. The first kappa shape index (κ1) is 15.8. The van der Waals surface area contributed by atoms with Gasteiger partial charge in [0, 0.05) is 18.2 Å². The molecular formula is C15H21NO4S. The average Bonchev–Trinajstić information content (AvgIpc) is 2.46. The van der Waals surface area contributed by atoms with E-state index in [1.807, 2.05) is 18.2 Å². The smallest absolute Gasteiger partial charge is 0.150 e. The van der Waals surface area contributed by atoms with Crippen molar-refractivity contribution in [2.45, 2.75) is 44.0 Å². The molecule has 1 aromatic carbocycles. The van der Waals surface area contributed by atoms with Crippen LogP contribution in [-0.2, 0) is 9.84 Å². The minimum Gasteiger partial charge on any atom is -0.490 e. The molecule has 1 fully saturated rings. The van der Waals surface area contributed by atoms with Gasteiger partial charge in [0.15, 0.2) is 0 Å². The molecule has 0 radical (unpaired) electrons. The zero-order valence-corrected chi connectivity index (χ0v) is 13.1. The molecule has 2 atom stereocenters. The maximum absolute atomic E-state index is 11.7. The third-order valence-electron chi connectivity index (χ3n) is 3.89. The molecule has 0 amide bonds. The summed E-state index contributed by atoms with van der Waals surface area (Å²) < 4.78 is 29.2. The van der Waals surface area contributed by atoms with Gasteiger partial charge in [-0.1, -0.05) is 17.3 Å². The molecule has 21 heavy (non-hydrogen) atoms. The Kier molecular flexibility index (Phi) is 4.88. The molecular weight excluding hydrogens is 290 g/mol. The molecule has 5 nitrogen and oxygen atoms in total. The third kappa shape index (κ3) is 4.20. The van der Waals surface area contributed by atoms with Crippen LogP contribution in [0.15, 0.2) is 29.4 Å². The Hall–Kier alpha value is -1.56. The molecule has 6 heteroatoms. The second-order valence-corrected chi connectivity index (χ2v) is 7.90.